The van der Waals surface area contributed by atoms with Crippen LogP contribution in [-0.2, 0) is 4.79 Å². The van der Waals surface area contributed by atoms with Crippen LogP contribution < -0.4 is 5.32 Å². The van der Waals surface area contributed by atoms with E-state index >= 15 is 0 Å². The first-order valence-corrected chi connectivity index (χ1v) is 4.72. The molecule has 0 fully saturated rings. The highest BCUT2D eigenvalue weighted by Gasteiger charge is 1.92. The molecule has 0 bridgehead atoms. The molecule has 0 saturated heterocycles. The fourth-order valence-electron chi connectivity index (χ4n) is 0.715. The maximum Gasteiger partial charge on any atom is 0.282 e. The van der Waals surface area contributed by atoms with Gasteiger partial charge in [-0.25, -0.2) is 0 Å². The lowest BCUT2D eigenvalue weighted by Crippen LogP contribution is -2.06. The van der Waals surface area contributed by atoms with Crippen molar-refractivity contribution in [2.24, 2.45) is 0 Å². The Labute approximate surface area is 90.9 Å². The lowest BCUT2D eigenvalue weighted by atomic mass is 9.76. The lowest BCUT2D eigenvalue weighted by Gasteiger charge is -1.98. The van der Waals surface area contributed by atoms with E-state index in [1.165, 1.54) is 6.08 Å². The molecule has 0 aliphatic carbocycles. The molecule has 0 aromatic heterocycles. The van der Waals surface area contributed by atoms with Crippen LogP contribution in [0, 0.1) is 0 Å². The van der Waals surface area contributed by atoms with E-state index < -0.39 is 0 Å². The summed E-state index contributed by atoms with van der Waals surface area (Å²) < 4.78 is 0. The van der Waals surface area contributed by atoms with E-state index in [4.69, 9.17) is 5.02 Å². The number of para-hydroxylation sites is 1. The topological polar surface area (TPSA) is 49.3 Å². The monoisotopic (exact) mass is 205 g/mol. The van der Waals surface area contributed by atoms with Gasteiger partial charge in [-0.15, -0.1) is 0 Å². The normalized spacial score (nSPS) is 8.20. The molecule has 0 unspecified atom stereocenters. The van der Waals surface area contributed by atoms with Crippen LogP contribution in [0.2, 0.25) is 13.6 Å². The maximum absolute atomic E-state index is 10.8. The number of hydrogen-bond acceptors (Lipinski definition) is 2. The summed E-state index contributed by atoms with van der Waals surface area (Å²) in [6, 6.07) is 9.25. The summed E-state index contributed by atoms with van der Waals surface area (Å²) in [7, 11) is 0. The van der Waals surface area contributed by atoms with E-state index in [1.807, 2.05) is 30.3 Å². The summed E-state index contributed by atoms with van der Waals surface area (Å²) in [5, 5.41) is 10.7. The van der Waals surface area contributed by atoms with Gasteiger partial charge in [0, 0.05) is 5.69 Å². The number of carbonyl (C=O) groups is 1. The molecule has 1 aromatic rings. The lowest BCUT2D eigenvalue weighted by molar-refractivity contribution is -0.111. The van der Waals surface area contributed by atoms with Crippen LogP contribution in [0.1, 0.15) is 0 Å². The minimum Gasteiger partial charge on any atom is -0.451 e. The van der Waals surface area contributed by atoms with Crippen LogP contribution in [0.5, 0.6) is 0 Å². The standard InChI is InChI=1S/C9H9NO.C2H7BO/c1-2-9(11)10-8-6-4-3-5-7-8;1-3(2)4/h2-7H,1H2,(H,10,11);4H,1-2H3. The van der Waals surface area contributed by atoms with Crippen molar-refractivity contribution in [3.8, 4) is 0 Å². The second kappa shape index (κ2) is 7.82. The van der Waals surface area contributed by atoms with Crippen molar-refractivity contribution in [1.82, 2.24) is 0 Å². The maximum atomic E-state index is 10.8. The zero-order chi connectivity index (χ0) is 11.7. The van der Waals surface area contributed by atoms with Crippen molar-refractivity contribution in [2.75, 3.05) is 5.32 Å². The van der Waals surface area contributed by atoms with E-state index in [-0.39, 0.29) is 12.8 Å². The van der Waals surface area contributed by atoms with Gasteiger partial charge in [0.1, 0.15) is 0 Å². The van der Waals surface area contributed by atoms with Gasteiger partial charge in [-0.1, -0.05) is 38.4 Å². The minimum absolute atomic E-state index is 0.167. The molecule has 3 nitrogen and oxygen atoms in total. The fourth-order valence-corrected chi connectivity index (χ4v) is 0.715. The number of carbonyl (C=O) groups excluding carboxylic acids is 1. The second-order valence-corrected chi connectivity index (χ2v) is 3.15. The van der Waals surface area contributed by atoms with Gasteiger partial charge in [-0.05, 0) is 18.2 Å². The molecule has 0 atom stereocenters. The second-order valence-electron chi connectivity index (χ2n) is 3.15. The van der Waals surface area contributed by atoms with Crippen LogP contribution in [0.3, 0.4) is 0 Å². The van der Waals surface area contributed by atoms with Gasteiger partial charge < -0.3 is 10.3 Å². The zero-order valence-corrected chi connectivity index (χ0v) is 9.10. The van der Waals surface area contributed by atoms with Crippen LogP contribution in [0.15, 0.2) is 43.0 Å². The van der Waals surface area contributed by atoms with Gasteiger partial charge in [0.15, 0.2) is 0 Å². The Kier molecular flexibility index (Phi) is 7.02. The summed E-state index contributed by atoms with van der Waals surface area (Å²) in [5.41, 5.74) is 0.789. The van der Waals surface area contributed by atoms with Gasteiger partial charge in [0.25, 0.3) is 6.92 Å². The molecule has 4 heteroatoms. The number of hydrogen-bond donors (Lipinski definition) is 2. The Balaban J connectivity index is 0.000000423. The number of nitrogens with one attached hydrogen (secondary N) is 1. The summed E-state index contributed by atoms with van der Waals surface area (Å²) >= 11 is 0. The first-order valence-electron chi connectivity index (χ1n) is 4.72. The Hall–Kier alpha value is -1.55. The van der Waals surface area contributed by atoms with Gasteiger partial charge in [0.05, 0.1) is 0 Å². The molecule has 0 heterocycles. The van der Waals surface area contributed by atoms with Crippen LogP contribution in [0.4, 0.5) is 5.69 Å². The molecule has 1 rings (SSSR count). The predicted molar refractivity (Wildman–Crippen MR) is 65.0 cm³/mol. The summed E-state index contributed by atoms with van der Waals surface area (Å²) in [6.45, 7) is 6.62. The SMILES string of the molecule is C=CC(=O)Nc1ccccc1.CB(C)O. The Morgan fingerprint density at radius 1 is 1.40 bits per heavy atom. The van der Waals surface area contributed by atoms with E-state index in [1.54, 1.807) is 13.6 Å². The predicted octanol–water partition coefficient (Wildman–Crippen LogP) is 2.04. The molecular weight excluding hydrogens is 189 g/mol. The molecule has 0 spiro atoms. The van der Waals surface area contributed by atoms with E-state index in [0.717, 1.165) is 5.69 Å². The van der Waals surface area contributed by atoms with E-state index in [9.17, 15) is 4.79 Å². The number of amides is 1. The molecule has 2 N–H and O–H groups in total. The zero-order valence-electron chi connectivity index (χ0n) is 9.10. The van der Waals surface area contributed by atoms with Crippen molar-refractivity contribution in [3.05, 3.63) is 43.0 Å². The number of rotatable bonds is 2. The minimum atomic E-state index is -0.184. The van der Waals surface area contributed by atoms with Crippen LogP contribution in [-0.4, -0.2) is 17.8 Å². The van der Waals surface area contributed by atoms with Crippen molar-refractivity contribution < 1.29 is 9.82 Å². The van der Waals surface area contributed by atoms with E-state index in [0.29, 0.717) is 0 Å². The highest BCUT2D eigenvalue weighted by atomic mass is 16.2. The summed E-state index contributed by atoms with van der Waals surface area (Å²) in [4.78, 5) is 10.8. The Morgan fingerprint density at radius 2 is 1.87 bits per heavy atom. The van der Waals surface area contributed by atoms with Gasteiger partial charge in [-0.3, -0.25) is 4.79 Å². The molecule has 0 aliphatic heterocycles. The van der Waals surface area contributed by atoms with Gasteiger partial charge >= 0.3 is 0 Å². The molecule has 15 heavy (non-hydrogen) atoms. The average Bonchev–Trinajstić information content (AvgIpc) is 2.18. The Morgan fingerprint density at radius 3 is 2.27 bits per heavy atom. The fraction of sp³-hybridized carbons (Fsp3) is 0.182. The third-order valence-corrected chi connectivity index (χ3v) is 1.23. The molecule has 0 saturated carbocycles. The van der Waals surface area contributed by atoms with Crippen molar-refractivity contribution in [3.63, 3.8) is 0 Å². The van der Waals surface area contributed by atoms with Crippen LogP contribution in [0.25, 0.3) is 0 Å². The average molecular weight is 205 g/mol. The third-order valence-electron chi connectivity index (χ3n) is 1.23. The largest absolute Gasteiger partial charge is 0.451 e. The molecule has 1 amide bonds. The Bertz CT molecular complexity index is 296. The van der Waals surface area contributed by atoms with Crippen LogP contribution >= 0.6 is 0 Å². The third kappa shape index (κ3) is 8.78. The van der Waals surface area contributed by atoms with Crippen molar-refractivity contribution in [2.45, 2.75) is 13.6 Å². The first-order chi connectivity index (χ1) is 7.06. The van der Waals surface area contributed by atoms with Crippen molar-refractivity contribution in [1.29, 1.82) is 0 Å². The number of benzene rings is 1. The highest BCUT2D eigenvalue weighted by molar-refractivity contribution is 6.46. The summed E-state index contributed by atoms with van der Waals surface area (Å²) in [6.07, 6.45) is 1.24. The quantitative estimate of drug-likeness (QED) is 0.573. The van der Waals surface area contributed by atoms with Gasteiger partial charge in [-0.2, -0.15) is 0 Å². The molecule has 0 aliphatic rings. The van der Waals surface area contributed by atoms with Crippen molar-refractivity contribution >= 4 is 18.5 Å². The first kappa shape index (κ1) is 13.5. The number of anilines is 1. The van der Waals surface area contributed by atoms with Gasteiger partial charge in [0.2, 0.25) is 5.91 Å². The molecule has 0 radical (unpaired) electrons. The molecular formula is C11H16BNO2. The smallest absolute Gasteiger partial charge is 0.282 e. The molecule has 1 aromatic carbocycles. The highest BCUT2D eigenvalue weighted by Crippen LogP contribution is 2.03. The molecule has 80 valence electrons. The van der Waals surface area contributed by atoms with E-state index in [2.05, 4.69) is 11.9 Å². The summed E-state index contributed by atoms with van der Waals surface area (Å²) in [5.74, 6) is -0.184.